The van der Waals surface area contributed by atoms with Gasteiger partial charge < -0.3 is 9.84 Å². The van der Waals surface area contributed by atoms with Crippen LogP contribution in [0.15, 0.2) is 58.5 Å². The van der Waals surface area contributed by atoms with Gasteiger partial charge in [-0.1, -0.05) is 22.8 Å². The Morgan fingerprint density at radius 3 is 2.42 bits per heavy atom. The van der Waals surface area contributed by atoms with Crippen molar-refractivity contribution in [1.82, 2.24) is 0 Å². The summed E-state index contributed by atoms with van der Waals surface area (Å²) in [5.74, 6) is -0.483. The number of hydrogen-bond donors (Lipinski definition) is 1. The zero-order chi connectivity index (χ0) is 22.9. The molecule has 0 aliphatic rings. The molecule has 0 saturated heterocycles. The van der Waals surface area contributed by atoms with Gasteiger partial charge in [0.25, 0.3) is 10.0 Å². The highest BCUT2D eigenvalue weighted by atomic mass is 32.2. The maximum Gasteiger partial charge on any atom is 0.338 e. The first-order valence-electron chi connectivity index (χ1n) is 9.85. The van der Waals surface area contributed by atoms with Crippen LogP contribution in [0.4, 0.5) is 5.69 Å². The van der Waals surface area contributed by atoms with Gasteiger partial charge in [0.15, 0.2) is 0 Å². The van der Waals surface area contributed by atoms with Crippen molar-refractivity contribution in [2.45, 2.75) is 37.7 Å². The highest BCUT2D eigenvalue weighted by molar-refractivity contribution is 7.92. The second-order valence-electron chi connectivity index (χ2n) is 6.87. The topological polar surface area (TPSA) is 133 Å². The van der Waals surface area contributed by atoms with Gasteiger partial charge in [-0.05, 0) is 68.6 Å². The summed E-state index contributed by atoms with van der Waals surface area (Å²) in [6.07, 6.45) is -0.252. The first kappa shape index (κ1) is 24.2. The van der Waals surface area contributed by atoms with E-state index in [1.165, 1.54) is 16.4 Å². The average Bonchev–Trinajstić information content (AvgIpc) is 2.75. The molecule has 0 fully saturated rings. The number of azide groups is 1. The lowest BCUT2D eigenvalue weighted by molar-refractivity contribution is 0.0526. The van der Waals surface area contributed by atoms with Crippen molar-refractivity contribution >= 4 is 21.7 Å². The normalized spacial score (nSPS) is 12.0. The van der Waals surface area contributed by atoms with Crippen molar-refractivity contribution in [1.29, 1.82) is 0 Å². The third-order valence-electron chi connectivity index (χ3n) is 4.53. The Hall–Kier alpha value is -3.07. The van der Waals surface area contributed by atoms with Crippen molar-refractivity contribution in [3.8, 4) is 0 Å². The highest BCUT2D eigenvalue weighted by Crippen LogP contribution is 2.25. The molecular weight excluding hydrogens is 420 g/mol. The molecule has 2 rings (SSSR count). The Labute approximate surface area is 181 Å². The standard InChI is InChI=1S/C21H26N4O5S/c1-3-30-21(27)17-8-10-18(11-9-17)25(14-4-5-19(26)15-23-24-22)31(28,29)20-12-6-16(2)7-13-20/h6-13,19,26H,3-5,14-15H2,1-2H3/t19-/m0/s1. The molecule has 0 unspecified atom stereocenters. The van der Waals surface area contributed by atoms with Crippen LogP contribution in [0.1, 0.15) is 35.7 Å². The van der Waals surface area contributed by atoms with Crippen molar-refractivity contribution in [3.05, 3.63) is 70.1 Å². The van der Waals surface area contributed by atoms with Crippen molar-refractivity contribution in [3.63, 3.8) is 0 Å². The molecule has 0 aliphatic carbocycles. The van der Waals surface area contributed by atoms with Crippen LogP contribution in [-0.4, -0.2) is 45.3 Å². The van der Waals surface area contributed by atoms with Crippen LogP contribution >= 0.6 is 0 Å². The molecule has 2 aromatic carbocycles. The number of aryl methyl sites for hydroxylation is 1. The molecule has 0 radical (unpaired) electrons. The van der Waals surface area contributed by atoms with Gasteiger partial charge in [0.05, 0.1) is 35.4 Å². The van der Waals surface area contributed by atoms with Crippen LogP contribution < -0.4 is 4.31 Å². The molecule has 0 spiro atoms. The number of aliphatic hydroxyl groups is 1. The SMILES string of the molecule is CCOC(=O)c1ccc(N(CCC[C@H](O)CN=[N+]=[N-])S(=O)(=O)c2ccc(C)cc2)cc1. The molecule has 0 heterocycles. The molecule has 0 aromatic heterocycles. The molecule has 9 nitrogen and oxygen atoms in total. The van der Waals surface area contributed by atoms with Crippen LogP contribution in [0.2, 0.25) is 0 Å². The minimum atomic E-state index is -3.88. The van der Waals surface area contributed by atoms with Crippen molar-refractivity contribution in [2.24, 2.45) is 5.11 Å². The van der Waals surface area contributed by atoms with Crippen molar-refractivity contribution < 1.29 is 23.1 Å². The molecule has 1 N–H and O–H groups in total. The van der Waals surface area contributed by atoms with Gasteiger partial charge in [-0.2, -0.15) is 0 Å². The number of nitrogens with zero attached hydrogens (tertiary/aromatic N) is 4. The second-order valence-corrected chi connectivity index (χ2v) is 8.73. The van der Waals surface area contributed by atoms with E-state index < -0.39 is 22.1 Å². The molecule has 0 amide bonds. The molecule has 31 heavy (non-hydrogen) atoms. The fraction of sp³-hybridized carbons (Fsp3) is 0.381. The Morgan fingerprint density at radius 1 is 1.19 bits per heavy atom. The number of sulfonamides is 1. The summed E-state index contributed by atoms with van der Waals surface area (Å²) in [4.78, 5) is 14.6. The van der Waals surface area contributed by atoms with Crippen LogP contribution in [0.25, 0.3) is 10.4 Å². The van der Waals surface area contributed by atoms with Crippen LogP contribution in [0.3, 0.4) is 0 Å². The number of anilines is 1. The number of aliphatic hydroxyl groups excluding tert-OH is 1. The van der Waals surface area contributed by atoms with E-state index >= 15 is 0 Å². The second kappa shape index (κ2) is 11.4. The molecular formula is C21H26N4O5S. The Balaban J connectivity index is 2.30. The van der Waals surface area contributed by atoms with E-state index in [-0.39, 0.29) is 31.0 Å². The summed E-state index contributed by atoms with van der Waals surface area (Å²) in [6.45, 7) is 3.84. The fourth-order valence-electron chi connectivity index (χ4n) is 2.90. The highest BCUT2D eigenvalue weighted by Gasteiger charge is 2.25. The predicted molar refractivity (Wildman–Crippen MR) is 117 cm³/mol. The average molecular weight is 447 g/mol. The van der Waals surface area contributed by atoms with E-state index in [1.54, 1.807) is 43.3 Å². The molecule has 166 valence electrons. The number of esters is 1. The summed E-state index contributed by atoms with van der Waals surface area (Å²) < 4.78 is 32.8. The molecule has 0 bridgehead atoms. The van der Waals surface area contributed by atoms with Crippen molar-refractivity contribution in [2.75, 3.05) is 24.0 Å². The molecule has 1 atom stereocenters. The van der Waals surface area contributed by atoms with Crippen LogP contribution in [0.5, 0.6) is 0 Å². The van der Waals surface area contributed by atoms with E-state index in [0.29, 0.717) is 17.7 Å². The van der Waals surface area contributed by atoms with E-state index in [4.69, 9.17) is 10.3 Å². The van der Waals surface area contributed by atoms with E-state index in [1.807, 2.05) is 6.92 Å². The maximum absolute atomic E-state index is 13.3. The number of carbonyl (C=O) groups is 1. The first-order chi connectivity index (χ1) is 14.8. The monoisotopic (exact) mass is 446 g/mol. The van der Waals surface area contributed by atoms with Gasteiger partial charge in [0, 0.05) is 11.5 Å². The third-order valence-corrected chi connectivity index (χ3v) is 6.37. The lowest BCUT2D eigenvalue weighted by atomic mass is 10.2. The molecule has 0 saturated carbocycles. The van der Waals surface area contributed by atoms with Gasteiger partial charge in [-0.25, -0.2) is 13.2 Å². The molecule has 2 aromatic rings. The summed E-state index contributed by atoms with van der Waals surface area (Å²) in [7, 11) is -3.88. The van der Waals surface area contributed by atoms with E-state index in [9.17, 15) is 18.3 Å². The van der Waals surface area contributed by atoms with Gasteiger partial charge in [-0.3, -0.25) is 4.31 Å². The Morgan fingerprint density at radius 2 is 1.84 bits per heavy atom. The van der Waals surface area contributed by atoms with Crippen LogP contribution in [-0.2, 0) is 14.8 Å². The Bertz CT molecular complexity index is 1020. The first-order valence-corrected chi connectivity index (χ1v) is 11.3. The number of benzene rings is 2. The van der Waals surface area contributed by atoms with Crippen LogP contribution in [0, 0.1) is 6.92 Å². The lowest BCUT2D eigenvalue weighted by Gasteiger charge is -2.25. The maximum atomic E-state index is 13.3. The number of carbonyl (C=O) groups excluding carboxylic acids is 1. The molecule has 0 aliphatic heterocycles. The minimum absolute atomic E-state index is 0.0740. The predicted octanol–water partition coefficient (Wildman–Crippen LogP) is 3.82. The summed E-state index contributed by atoms with van der Waals surface area (Å²) in [6, 6.07) is 12.7. The lowest BCUT2D eigenvalue weighted by Crippen LogP contribution is -2.32. The fourth-order valence-corrected chi connectivity index (χ4v) is 4.40. The van der Waals surface area contributed by atoms with E-state index in [0.717, 1.165) is 5.56 Å². The summed E-state index contributed by atoms with van der Waals surface area (Å²) in [5.41, 5.74) is 10.00. The number of hydrogen-bond acceptors (Lipinski definition) is 6. The summed E-state index contributed by atoms with van der Waals surface area (Å²) >= 11 is 0. The van der Waals surface area contributed by atoms with Gasteiger partial charge in [0.2, 0.25) is 0 Å². The quantitative estimate of drug-likeness (QED) is 0.242. The van der Waals surface area contributed by atoms with Gasteiger partial charge in [0.1, 0.15) is 0 Å². The van der Waals surface area contributed by atoms with Gasteiger partial charge >= 0.3 is 5.97 Å². The third kappa shape index (κ3) is 6.71. The van der Waals surface area contributed by atoms with Gasteiger partial charge in [-0.15, -0.1) is 0 Å². The molecule has 10 heteroatoms. The Kier molecular flexibility index (Phi) is 8.87. The number of ether oxygens (including phenoxy) is 1. The largest absolute Gasteiger partial charge is 0.462 e. The smallest absolute Gasteiger partial charge is 0.338 e. The zero-order valence-electron chi connectivity index (χ0n) is 17.5. The van der Waals surface area contributed by atoms with E-state index in [2.05, 4.69) is 10.0 Å². The zero-order valence-corrected chi connectivity index (χ0v) is 18.3. The summed E-state index contributed by atoms with van der Waals surface area (Å²) in [5, 5.41) is 13.2. The number of rotatable bonds is 11. The minimum Gasteiger partial charge on any atom is -0.462 e.